The van der Waals surface area contributed by atoms with Crippen molar-refractivity contribution in [1.29, 1.82) is 0 Å². The zero-order chi connectivity index (χ0) is 12.9. The Morgan fingerprint density at radius 1 is 1.18 bits per heavy atom. The maximum absolute atomic E-state index is 11.0. The van der Waals surface area contributed by atoms with Gasteiger partial charge in [0.15, 0.2) is 0 Å². The maximum Gasteiger partial charge on any atom is 0.320 e. The van der Waals surface area contributed by atoms with Crippen LogP contribution in [0.15, 0.2) is 0 Å². The molecule has 17 heavy (non-hydrogen) atoms. The van der Waals surface area contributed by atoms with Crippen molar-refractivity contribution < 1.29 is 9.90 Å². The van der Waals surface area contributed by atoms with Crippen LogP contribution in [0.25, 0.3) is 0 Å². The van der Waals surface area contributed by atoms with E-state index in [1.54, 1.807) is 0 Å². The number of nitrogens with two attached hydrogens (primary N) is 1. The Kier molecular flexibility index (Phi) is 11.4. The van der Waals surface area contributed by atoms with E-state index in [4.69, 9.17) is 10.8 Å². The second kappa shape index (κ2) is 11.9. The highest BCUT2D eigenvalue weighted by atomic mass is 16.4. The van der Waals surface area contributed by atoms with Gasteiger partial charge in [-0.2, -0.15) is 0 Å². The van der Waals surface area contributed by atoms with Crippen LogP contribution in [-0.2, 0) is 4.79 Å². The van der Waals surface area contributed by atoms with Crippen molar-refractivity contribution >= 4 is 5.97 Å². The van der Waals surface area contributed by atoms with E-state index in [0.29, 0.717) is 0 Å². The molecular formula is C13H28N2O2. The van der Waals surface area contributed by atoms with Gasteiger partial charge < -0.3 is 16.2 Å². The third kappa shape index (κ3) is 10.3. The molecule has 0 radical (unpaired) electrons. The van der Waals surface area contributed by atoms with Gasteiger partial charge in [-0.3, -0.25) is 4.79 Å². The number of carboxylic acids is 1. The van der Waals surface area contributed by atoms with Crippen molar-refractivity contribution in [2.45, 2.75) is 64.3 Å². The summed E-state index contributed by atoms with van der Waals surface area (Å²) >= 11 is 0. The Morgan fingerprint density at radius 2 is 1.88 bits per heavy atom. The Hall–Kier alpha value is -0.610. The number of carbonyl (C=O) groups is 1. The number of carboxylic acid groups (broad SMARTS) is 1. The van der Waals surface area contributed by atoms with E-state index in [-0.39, 0.29) is 6.04 Å². The summed E-state index contributed by atoms with van der Waals surface area (Å²) in [7, 11) is 0. The van der Waals surface area contributed by atoms with Gasteiger partial charge in [-0.1, -0.05) is 39.0 Å². The summed E-state index contributed by atoms with van der Waals surface area (Å²) in [5, 5.41) is 12.2. The molecule has 4 heteroatoms. The van der Waals surface area contributed by atoms with Crippen molar-refractivity contribution in [3.63, 3.8) is 0 Å². The molecule has 1 atom stereocenters. The summed E-state index contributed by atoms with van der Waals surface area (Å²) in [5.41, 5.74) is 5.41. The van der Waals surface area contributed by atoms with E-state index in [1.165, 1.54) is 0 Å². The van der Waals surface area contributed by atoms with Gasteiger partial charge in [-0.25, -0.2) is 0 Å². The topological polar surface area (TPSA) is 75.3 Å². The second-order valence-electron chi connectivity index (χ2n) is 4.54. The van der Waals surface area contributed by atoms with Crippen LogP contribution in [-0.4, -0.2) is 30.2 Å². The minimum atomic E-state index is -0.719. The first-order valence-corrected chi connectivity index (χ1v) is 6.88. The van der Waals surface area contributed by atoms with E-state index in [2.05, 4.69) is 12.2 Å². The molecule has 1 unspecified atom stereocenters. The molecular weight excluding hydrogens is 216 g/mol. The molecule has 0 amide bonds. The van der Waals surface area contributed by atoms with Crippen LogP contribution in [0, 0.1) is 0 Å². The highest BCUT2D eigenvalue weighted by molar-refractivity contribution is 5.73. The molecule has 4 nitrogen and oxygen atoms in total. The van der Waals surface area contributed by atoms with Gasteiger partial charge in [-0.05, 0) is 32.4 Å². The predicted octanol–water partition coefficient (Wildman–Crippen LogP) is 2.13. The lowest BCUT2D eigenvalue weighted by molar-refractivity contribution is -0.139. The summed E-state index contributed by atoms with van der Waals surface area (Å²) < 4.78 is 0. The summed E-state index contributed by atoms with van der Waals surface area (Å²) in [5.74, 6) is -0.719. The molecule has 0 aliphatic rings. The number of nitrogens with one attached hydrogen (secondary N) is 1. The van der Waals surface area contributed by atoms with Crippen LogP contribution in [0.5, 0.6) is 0 Å². The van der Waals surface area contributed by atoms with E-state index in [1.807, 2.05) is 0 Å². The SMILES string of the molecule is CCCCCC(NCCCCCCN)C(=O)O. The average molecular weight is 244 g/mol. The maximum atomic E-state index is 11.0. The van der Waals surface area contributed by atoms with Gasteiger partial charge in [0.25, 0.3) is 0 Å². The van der Waals surface area contributed by atoms with Crippen LogP contribution in [0.1, 0.15) is 58.3 Å². The largest absolute Gasteiger partial charge is 0.480 e. The number of rotatable bonds is 12. The molecule has 0 aromatic heterocycles. The molecule has 0 aliphatic heterocycles. The van der Waals surface area contributed by atoms with Crippen LogP contribution < -0.4 is 11.1 Å². The summed E-state index contributed by atoms with van der Waals surface area (Å²) in [4.78, 5) is 11.0. The Bertz CT molecular complexity index is 186. The van der Waals surface area contributed by atoms with Gasteiger partial charge in [0.05, 0.1) is 0 Å². The molecule has 102 valence electrons. The fourth-order valence-corrected chi connectivity index (χ4v) is 1.81. The minimum absolute atomic E-state index is 0.365. The average Bonchev–Trinajstić information content (AvgIpc) is 2.31. The molecule has 0 fully saturated rings. The van der Waals surface area contributed by atoms with Crippen molar-refractivity contribution in [3.8, 4) is 0 Å². The highest BCUT2D eigenvalue weighted by Gasteiger charge is 2.15. The third-order valence-corrected chi connectivity index (χ3v) is 2.92. The molecule has 0 rings (SSSR count). The van der Waals surface area contributed by atoms with Crippen LogP contribution >= 0.6 is 0 Å². The quantitative estimate of drug-likeness (QED) is 0.460. The van der Waals surface area contributed by atoms with Crippen LogP contribution in [0.2, 0.25) is 0 Å². The van der Waals surface area contributed by atoms with Gasteiger partial charge in [-0.15, -0.1) is 0 Å². The molecule has 0 spiro atoms. The van der Waals surface area contributed by atoms with Gasteiger partial charge in [0.2, 0.25) is 0 Å². The molecule has 0 aliphatic carbocycles. The fraction of sp³-hybridized carbons (Fsp3) is 0.923. The number of hydrogen-bond donors (Lipinski definition) is 3. The van der Waals surface area contributed by atoms with E-state index < -0.39 is 5.97 Å². The lowest BCUT2D eigenvalue weighted by Crippen LogP contribution is -2.37. The van der Waals surface area contributed by atoms with Crippen molar-refractivity contribution in [3.05, 3.63) is 0 Å². The predicted molar refractivity (Wildman–Crippen MR) is 71.1 cm³/mol. The molecule has 0 aromatic rings. The molecule has 0 bridgehead atoms. The van der Waals surface area contributed by atoms with Crippen LogP contribution in [0.4, 0.5) is 0 Å². The zero-order valence-corrected chi connectivity index (χ0v) is 11.1. The monoisotopic (exact) mass is 244 g/mol. The zero-order valence-electron chi connectivity index (χ0n) is 11.1. The standard InChI is InChI=1S/C13H28N2O2/c1-2-3-6-9-12(13(16)17)15-11-8-5-4-7-10-14/h12,15H,2-11,14H2,1H3,(H,16,17). The van der Waals surface area contributed by atoms with Gasteiger partial charge >= 0.3 is 5.97 Å². The third-order valence-electron chi connectivity index (χ3n) is 2.92. The van der Waals surface area contributed by atoms with Crippen molar-refractivity contribution in [2.75, 3.05) is 13.1 Å². The molecule has 0 heterocycles. The van der Waals surface area contributed by atoms with E-state index in [9.17, 15) is 4.79 Å². The lowest BCUT2D eigenvalue weighted by atomic mass is 10.1. The Balaban J connectivity index is 3.52. The summed E-state index contributed by atoms with van der Waals surface area (Å²) in [6.07, 6.45) is 8.36. The molecule has 0 saturated heterocycles. The summed E-state index contributed by atoms with van der Waals surface area (Å²) in [6, 6.07) is -0.365. The number of aliphatic carboxylic acids is 1. The van der Waals surface area contributed by atoms with Crippen molar-refractivity contribution in [2.24, 2.45) is 5.73 Å². The molecule has 0 aromatic carbocycles. The first kappa shape index (κ1) is 16.4. The number of unbranched alkanes of at least 4 members (excludes halogenated alkanes) is 5. The first-order chi connectivity index (χ1) is 8.22. The van der Waals surface area contributed by atoms with Crippen LogP contribution in [0.3, 0.4) is 0 Å². The minimum Gasteiger partial charge on any atom is -0.480 e. The van der Waals surface area contributed by atoms with Crippen molar-refractivity contribution in [1.82, 2.24) is 5.32 Å². The first-order valence-electron chi connectivity index (χ1n) is 6.88. The van der Waals surface area contributed by atoms with E-state index in [0.717, 1.165) is 64.5 Å². The highest BCUT2D eigenvalue weighted by Crippen LogP contribution is 2.04. The molecule has 0 saturated carbocycles. The van der Waals surface area contributed by atoms with E-state index >= 15 is 0 Å². The Labute approximate surface area is 105 Å². The lowest BCUT2D eigenvalue weighted by Gasteiger charge is -2.14. The van der Waals surface area contributed by atoms with Gasteiger partial charge in [0, 0.05) is 0 Å². The fourth-order valence-electron chi connectivity index (χ4n) is 1.81. The Morgan fingerprint density at radius 3 is 2.47 bits per heavy atom. The normalized spacial score (nSPS) is 12.6. The number of hydrogen-bond acceptors (Lipinski definition) is 3. The molecule has 4 N–H and O–H groups in total. The van der Waals surface area contributed by atoms with Gasteiger partial charge in [0.1, 0.15) is 6.04 Å². The smallest absolute Gasteiger partial charge is 0.320 e. The summed E-state index contributed by atoms with van der Waals surface area (Å²) in [6.45, 7) is 3.68. The second-order valence-corrected chi connectivity index (χ2v) is 4.54.